The second kappa shape index (κ2) is 13.0. The standard InChI is InChI=1S/C51H40N4O2/c1-3-15-31(16-4-1)33-22-13-27-42-45(33)46-37(23-14-28-43(46)57-42)50-52-49(32-17-5-2-6-18-32)53-51(54-50)38-29-30-44-47(36-21-9-12-26-41(36)56-44)48(38)55-39-24-10-7-19-34(39)35-20-8-11-25-40(35)55/h2-3,5-7,9-19,21-28,30,35,38,40,50H,1,4,8,20,29H2,(H,52,53,54). The zero-order chi connectivity index (χ0) is 37.5. The van der Waals surface area contributed by atoms with Gasteiger partial charge in [-0.15, -0.1) is 0 Å². The summed E-state index contributed by atoms with van der Waals surface area (Å²) in [6.07, 6.45) is 18.5. The summed E-state index contributed by atoms with van der Waals surface area (Å²) in [6, 6.07) is 40.9. The molecule has 0 amide bonds. The van der Waals surface area contributed by atoms with Crippen molar-refractivity contribution in [2.75, 3.05) is 4.90 Å². The molecule has 276 valence electrons. The zero-order valence-corrected chi connectivity index (χ0v) is 31.4. The number of benzene rings is 5. The van der Waals surface area contributed by atoms with Gasteiger partial charge in [0.15, 0.2) is 6.17 Å². The van der Waals surface area contributed by atoms with Gasteiger partial charge in [-0.2, -0.15) is 0 Å². The number of allylic oxidation sites excluding steroid dienone is 5. The van der Waals surface area contributed by atoms with Gasteiger partial charge in [-0.1, -0.05) is 121 Å². The van der Waals surface area contributed by atoms with Crippen LogP contribution in [0, 0.1) is 5.92 Å². The van der Waals surface area contributed by atoms with E-state index in [4.69, 9.17) is 18.8 Å². The van der Waals surface area contributed by atoms with E-state index in [1.807, 2.05) is 0 Å². The van der Waals surface area contributed by atoms with Crippen molar-refractivity contribution in [2.24, 2.45) is 15.9 Å². The quantitative estimate of drug-likeness (QED) is 0.179. The first-order chi connectivity index (χ1) is 28.3. The number of nitrogens with one attached hydrogen (secondary N) is 1. The van der Waals surface area contributed by atoms with Crippen LogP contribution in [0.15, 0.2) is 164 Å². The lowest BCUT2D eigenvalue weighted by molar-refractivity contribution is 0.556. The molecule has 0 saturated heterocycles. The van der Waals surface area contributed by atoms with E-state index in [0.29, 0.717) is 5.92 Å². The van der Waals surface area contributed by atoms with Gasteiger partial charge in [0.25, 0.3) is 0 Å². The Bertz CT molecular complexity index is 3070. The maximum Gasteiger partial charge on any atom is 0.170 e. The van der Waals surface area contributed by atoms with Crippen LogP contribution < -0.4 is 20.9 Å². The first kappa shape index (κ1) is 32.6. The number of fused-ring (bicyclic) bond motifs is 9. The highest BCUT2D eigenvalue weighted by Gasteiger charge is 2.43. The summed E-state index contributed by atoms with van der Waals surface area (Å²) in [5.74, 6) is 2.02. The number of amidine groups is 2. The molecule has 6 heteroatoms. The lowest BCUT2D eigenvalue weighted by Gasteiger charge is -2.38. The van der Waals surface area contributed by atoms with Crippen molar-refractivity contribution in [3.05, 3.63) is 179 Å². The molecule has 5 aliphatic rings. The van der Waals surface area contributed by atoms with Crippen molar-refractivity contribution in [1.82, 2.24) is 5.32 Å². The predicted molar refractivity (Wildman–Crippen MR) is 232 cm³/mol. The van der Waals surface area contributed by atoms with E-state index in [-0.39, 0.29) is 12.0 Å². The Kier molecular flexibility index (Phi) is 7.40. The van der Waals surface area contributed by atoms with Gasteiger partial charge in [0.1, 0.15) is 33.8 Å². The second-order valence-electron chi connectivity index (χ2n) is 15.7. The van der Waals surface area contributed by atoms with Crippen molar-refractivity contribution < 1.29 is 8.83 Å². The maximum atomic E-state index is 6.64. The summed E-state index contributed by atoms with van der Waals surface area (Å²) in [4.78, 5) is 13.7. The smallest absolute Gasteiger partial charge is 0.170 e. The number of aliphatic imine (C=N–C) groups is 2. The Balaban J connectivity index is 1.10. The molecule has 5 aromatic carbocycles. The highest BCUT2D eigenvalue weighted by Crippen LogP contribution is 2.50. The fourth-order valence-electron chi connectivity index (χ4n) is 10.1. The average Bonchev–Trinajstić information content (AvgIpc) is 3.96. The predicted octanol–water partition coefficient (Wildman–Crippen LogP) is 10.4. The van der Waals surface area contributed by atoms with Crippen molar-refractivity contribution in [3.8, 4) is 0 Å². The Morgan fingerprint density at radius 3 is 2.39 bits per heavy atom. The molecule has 4 atom stereocenters. The summed E-state index contributed by atoms with van der Waals surface area (Å²) < 4.78 is 13.3. The fourth-order valence-corrected chi connectivity index (χ4v) is 10.1. The Labute approximate surface area is 330 Å². The first-order valence-electron chi connectivity index (χ1n) is 20.3. The van der Waals surface area contributed by atoms with Gasteiger partial charge < -0.3 is 19.1 Å². The highest BCUT2D eigenvalue weighted by atomic mass is 16.3. The molecule has 0 fully saturated rings. The second-order valence-corrected chi connectivity index (χ2v) is 15.7. The third kappa shape index (κ3) is 5.09. The van der Waals surface area contributed by atoms with Crippen LogP contribution in [0.5, 0.6) is 0 Å². The van der Waals surface area contributed by atoms with E-state index < -0.39 is 6.17 Å². The molecule has 1 N–H and O–H groups in total. The molecule has 0 saturated carbocycles. The molecule has 6 nitrogen and oxygen atoms in total. The number of para-hydroxylation sites is 2. The average molecular weight is 741 g/mol. The molecule has 0 spiro atoms. The van der Waals surface area contributed by atoms with Crippen LogP contribution in [-0.2, 0) is 0 Å². The van der Waals surface area contributed by atoms with Gasteiger partial charge in [0, 0.05) is 49.8 Å². The molecule has 0 radical (unpaired) electrons. The Morgan fingerprint density at radius 2 is 1.47 bits per heavy atom. The summed E-state index contributed by atoms with van der Waals surface area (Å²) in [5, 5.41) is 8.31. The molecular weight excluding hydrogens is 701 g/mol. The molecule has 4 heterocycles. The summed E-state index contributed by atoms with van der Waals surface area (Å²) >= 11 is 0. The van der Waals surface area contributed by atoms with Crippen LogP contribution in [0.2, 0.25) is 0 Å². The molecule has 0 bridgehead atoms. The number of anilines is 1. The van der Waals surface area contributed by atoms with Gasteiger partial charge >= 0.3 is 0 Å². The monoisotopic (exact) mass is 740 g/mol. The van der Waals surface area contributed by atoms with Gasteiger partial charge in [0.2, 0.25) is 0 Å². The summed E-state index contributed by atoms with van der Waals surface area (Å²) in [5.41, 5.74) is 11.9. The van der Waals surface area contributed by atoms with Gasteiger partial charge in [-0.3, -0.25) is 0 Å². The number of rotatable bonds is 5. The highest BCUT2D eigenvalue weighted by molar-refractivity contribution is 6.16. The largest absolute Gasteiger partial charge is 0.456 e. The molecular formula is C51H40N4O2. The van der Waals surface area contributed by atoms with Crippen LogP contribution >= 0.6 is 0 Å². The number of hydrogen-bond donors (Lipinski definition) is 1. The van der Waals surface area contributed by atoms with Crippen molar-refractivity contribution in [3.63, 3.8) is 0 Å². The molecule has 57 heavy (non-hydrogen) atoms. The van der Waals surface area contributed by atoms with Crippen molar-refractivity contribution >= 4 is 67.6 Å². The minimum atomic E-state index is -0.512. The van der Waals surface area contributed by atoms with Crippen LogP contribution in [0.3, 0.4) is 0 Å². The van der Waals surface area contributed by atoms with Crippen LogP contribution in [-0.4, -0.2) is 17.7 Å². The lowest BCUT2D eigenvalue weighted by Crippen LogP contribution is -2.49. The third-order valence-electron chi connectivity index (χ3n) is 12.6. The van der Waals surface area contributed by atoms with E-state index in [1.165, 1.54) is 28.1 Å². The molecule has 4 unspecified atom stereocenters. The zero-order valence-electron chi connectivity index (χ0n) is 31.4. The Hall–Kier alpha value is -6.66. The van der Waals surface area contributed by atoms with Crippen molar-refractivity contribution in [2.45, 2.75) is 50.2 Å². The normalized spacial score (nSPS) is 22.4. The summed E-state index contributed by atoms with van der Waals surface area (Å²) in [7, 11) is 0. The molecule has 7 aromatic rings. The number of nitrogens with zero attached hydrogens (tertiary/aromatic N) is 3. The maximum absolute atomic E-state index is 6.64. The summed E-state index contributed by atoms with van der Waals surface area (Å²) in [6.45, 7) is 0. The minimum absolute atomic E-state index is 0.106. The van der Waals surface area contributed by atoms with E-state index >= 15 is 0 Å². The molecule has 2 aromatic heterocycles. The van der Waals surface area contributed by atoms with E-state index in [9.17, 15) is 0 Å². The topological polar surface area (TPSA) is 66.3 Å². The van der Waals surface area contributed by atoms with Gasteiger partial charge in [0.05, 0.1) is 12.0 Å². The molecule has 12 rings (SSSR count). The molecule has 3 aliphatic carbocycles. The van der Waals surface area contributed by atoms with Gasteiger partial charge in [-0.25, -0.2) is 9.98 Å². The van der Waals surface area contributed by atoms with E-state index in [0.717, 1.165) is 98.4 Å². The van der Waals surface area contributed by atoms with E-state index in [1.54, 1.807) is 0 Å². The van der Waals surface area contributed by atoms with Gasteiger partial charge in [-0.05, 0) is 79.1 Å². The number of furan rings is 2. The third-order valence-corrected chi connectivity index (χ3v) is 12.6. The number of hydrogen-bond acceptors (Lipinski definition) is 6. The van der Waals surface area contributed by atoms with Crippen LogP contribution in [0.25, 0.3) is 50.3 Å². The van der Waals surface area contributed by atoms with Crippen molar-refractivity contribution in [1.29, 1.82) is 0 Å². The Morgan fingerprint density at radius 1 is 0.667 bits per heavy atom. The van der Waals surface area contributed by atoms with Crippen LogP contribution in [0.1, 0.15) is 66.4 Å². The fraction of sp³-hybridized carbons (Fsp3) is 0.176. The minimum Gasteiger partial charge on any atom is -0.456 e. The molecule has 2 aliphatic heterocycles. The van der Waals surface area contributed by atoms with E-state index in [2.05, 4.69) is 162 Å². The van der Waals surface area contributed by atoms with Crippen LogP contribution in [0.4, 0.5) is 5.69 Å². The lowest BCUT2D eigenvalue weighted by atomic mass is 9.85. The SMILES string of the molecule is C1=CC(c2cccc3oc4cccc(C5N=C(c6ccccc6)NC(C6CC=c7oc8ccccc8c7=C6N6c7ccccc7C7CCC=CC76)=N5)c4c23)=CCC1. The first-order valence-corrected chi connectivity index (χ1v) is 20.3.